The Labute approximate surface area is 175 Å². The average Bonchev–Trinajstić information content (AvgIpc) is 3.17. The first kappa shape index (κ1) is 19.3. The third-order valence-corrected chi connectivity index (χ3v) is 4.61. The first-order valence-corrected chi connectivity index (χ1v) is 9.07. The van der Waals surface area contributed by atoms with Gasteiger partial charge in [-0.25, -0.2) is 9.50 Å². The number of fused-ring (bicyclic) bond motifs is 1. The van der Waals surface area contributed by atoms with Crippen molar-refractivity contribution in [1.82, 2.24) is 14.6 Å². The second-order valence-electron chi connectivity index (χ2n) is 6.28. The molecule has 1 amide bonds. The van der Waals surface area contributed by atoms with Crippen LogP contribution in [0.3, 0.4) is 0 Å². The fraction of sp³-hybridized carbons (Fsp3) is 0.0500. The van der Waals surface area contributed by atoms with Crippen molar-refractivity contribution in [2.24, 2.45) is 0 Å². The van der Waals surface area contributed by atoms with Gasteiger partial charge >= 0.3 is 0 Å². The number of carbonyl (C=O) groups excluding carboxylic acids is 1. The summed E-state index contributed by atoms with van der Waals surface area (Å²) in [5.74, 6) is -0.209. The maximum Gasteiger partial charge on any atom is 0.271 e. The lowest BCUT2D eigenvalue weighted by molar-refractivity contribution is -0.384. The lowest BCUT2D eigenvalue weighted by atomic mass is 10.2. The molecule has 150 valence electrons. The quantitative estimate of drug-likeness (QED) is 0.380. The number of hydrogen-bond donors (Lipinski definition) is 1. The molecule has 2 aromatic carbocycles. The predicted octanol–water partition coefficient (Wildman–Crippen LogP) is 4.22. The van der Waals surface area contributed by atoms with Gasteiger partial charge in [-0.1, -0.05) is 23.7 Å². The number of nitrogens with zero attached hydrogens (tertiary/aromatic N) is 4. The smallest absolute Gasteiger partial charge is 0.271 e. The predicted molar refractivity (Wildman–Crippen MR) is 111 cm³/mol. The van der Waals surface area contributed by atoms with E-state index in [0.717, 1.165) is 5.56 Å². The van der Waals surface area contributed by atoms with Crippen LogP contribution >= 0.6 is 11.6 Å². The molecule has 0 bridgehead atoms. The van der Waals surface area contributed by atoms with E-state index in [1.54, 1.807) is 18.2 Å². The van der Waals surface area contributed by atoms with Crippen LogP contribution in [0.1, 0.15) is 10.4 Å². The molecule has 2 heterocycles. The van der Waals surface area contributed by atoms with E-state index in [-0.39, 0.29) is 16.9 Å². The van der Waals surface area contributed by atoms with Gasteiger partial charge < -0.3 is 10.1 Å². The molecule has 0 aliphatic heterocycles. The zero-order valence-corrected chi connectivity index (χ0v) is 16.3. The maximum absolute atomic E-state index is 12.7. The molecular formula is C20H14ClN5O4. The van der Waals surface area contributed by atoms with Crippen molar-refractivity contribution in [2.75, 3.05) is 12.4 Å². The van der Waals surface area contributed by atoms with Gasteiger partial charge in [-0.05, 0) is 18.2 Å². The number of nitro benzene ring substituents is 1. The molecule has 2 aromatic heterocycles. The average molecular weight is 424 g/mol. The number of amides is 1. The Morgan fingerprint density at radius 3 is 2.67 bits per heavy atom. The minimum atomic E-state index is -0.551. The number of ether oxygens (including phenoxy) is 1. The maximum atomic E-state index is 12.7. The molecule has 1 N–H and O–H groups in total. The van der Waals surface area contributed by atoms with Crippen molar-refractivity contribution in [3.8, 4) is 17.0 Å². The second-order valence-corrected chi connectivity index (χ2v) is 6.71. The molecule has 4 aromatic rings. The standard InChI is InChI=1S/C20H14ClN5O4/c1-30-18-7-6-15(26(28)29)8-17(18)23-20(27)13-10-22-19-9-16(24-25(19)11-13)12-2-4-14(21)5-3-12/h2-11H,1H3,(H,23,27). The summed E-state index contributed by atoms with van der Waals surface area (Å²) in [7, 11) is 1.41. The number of non-ortho nitro benzene ring substituents is 1. The summed E-state index contributed by atoms with van der Waals surface area (Å²) in [5.41, 5.74) is 2.33. The Bertz CT molecular complexity index is 1270. The summed E-state index contributed by atoms with van der Waals surface area (Å²) in [4.78, 5) is 27.4. The fourth-order valence-electron chi connectivity index (χ4n) is 2.86. The van der Waals surface area contributed by atoms with Crippen molar-refractivity contribution in [1.29, 1.82) is 0 Å². The number of halogens is 1. The molecule has 0 spiro atoms. The molecule has 10 heteroatoms. The van der Waals surface area contributed by atoms with Gasteiger partial charge in [0.2, 0.25) is 0 Å². The molecule has 0 aliphatic rings. The Hall–Kier alpha value is -3.98. The SMILES string of the molecule is COc1ccc([N+](=O)[O-])cc1NC(=O)c1cnc2cc(-c3ccc(Cl)cc3)nn2c1. The van der Waals surface area contributed by atoms with Crippen molar-refractivity contribution in [2.45, 2.75) is 0 Å². The number of anilines is 1. The van der Waals surface area contributed by atoms with Crippen LogP contribution in [0.2, 0.25) is 5.02 Å². The summed E-state index contributed by atoms with van der Waals surface area (Å²) in [6.45, 7) is 0. The first-order chi connectivity index (χ1) is 14.4. The van der Waals surface area contributed by atoms with Crippen molar-refractivity contribution in [3.63, 3.8) is 0 Å². The molecule has 0 aliphatic carbocycles. The zero-order valence-electron chi connectivity index (χ0n) is 15.6. The highest BCUT2D eigenvalue weighted by Crippen LogP contribution is 2.29. The zero-order chi connectivity index (χ0) is 21.3. The summed E-state index contributed by atoms with van der Waals surface area (Å²) in [6, 6.07) is 12.9. The molecule has 0 saturated carbocycles. The molecule has 0 radical (unpaired) electrons. The van der Waals surface area contributed by atoms with Crippen LogP contribution in [0, 0.1) is 10.1 Å². The van der Waals surface area contributed by atoms with Gasteiger partial charge in [-0.2, -0.15) is 5.10 Å². The van der Waals surface area contributed by atoms with Crippen LogP contribution in [0.4, 0.5) is 11.4 Å². The number of methoxy groups -OCH3 is 1. The van der Waals surface area contributed by atoms with E-state index in [1.165, 1.54) is 42.2 Å². The molecular weight excluding hydrogens is 410 g/mol. The van der Waals surface area contributed by atoms with Gasteiger partial charge in [0.1, 0.15) is 5.75 Å². The highest BCUT2D eigenvalue weighted by molar-refractivity contribution is 6.30. The van der Waals surface area contributed by atoms with Gasteiger partial charge in [0.15, 0.2) is 5.65 Å². The third kappa shape index (κ3) is 3.78. The van der Waals surface area contributed by atoms with Gasteiger partial charge in [-0.3, -0.25) is 14.9 Å². The third-order valence-electron chi connectivity index (χ3n) is 4.36. The monoisotopic (exact) mass is 423 g/mol. The van der Waals surface area contributed by atoms with Crippen molar-refractivity contribution in [3.05, 3.63) is 81.6 Å². The van der Waals surface area contributed by atoms with E-state index in [2.05, 4.69) is 15.4 Å². The highest BCUT2D eigenvalue weighted by atomic mass is 35.5. The molecule has 0 atom stereocenters. The summed E-state index contributed by atoms with van der Waals surface area (Å²) < 4.78 is 6.66. The van der Waals surface area contributed by atoms with Crippen molar-refractivity contribution < 1.29 is 14.5 Å². The molecule has 0 saturated heterocycles. The highest BCUT2D eigenvalue weighted by Gasteiger charge is 2.16. The van der Waals surface area contributed by atoms with Crippen LogP contribution in [0.15, 0.2) is 60.9 Å². The number of nitrogens with one attached hydrogen (secondary N) is 1. The normalized spacial score (nSPS) is 10.7. The fourth-order valence-corrected chi connectivity index (χ4v) is 2.98. The molecule has 4 rings (SSSR count). The van der Waals surface area contributed by atoms with Crippen LogP contribution in [-0.4, -0.2) is 32.5 Å². The largest absolute Gasteiger partial charge is 0.495 e. The number of benzene rings is 2. The lowest BCUT2D eigenvalue weighted by Crippen LogP contribution is -2.14. The summed E-state index contributed by atoms with van der Waals surface area (Å²) >= 11 is 5.92. The van der Waals surface area contributed by atoms with E-state index >= 15 is 0 Å². The molecule has 0 fully saturated rings. The molecule has 30 heavy (non-hydrogen) atoms. The van der Waals surface area contributed by atoms with E-state index in [1.807, 2.05) is 12.1 Å². The van der Waals surface area contributed by atoms with E-state index in [9.17, 15) is 14.9 Å². The summed E-state index contributed by atoms with van der Waals surface area (Å²) in [6.07, 6.45) is 2.93. The van der Waals surface area contributed by atoms with Gasteiger partial charge in [-0.15, -0.1) is 0 Å². The number of hydrogen-bond acceptors (Lipinski definition) is 6. The van der Waals surface area contributed by atoms with Gasteiger partial charge in [0, 0.05) is 41.2 Å². The number of rotatable bonds is 5. The minimum Gasteiger partial charge on any atom is -0.495 e. The van der Waals surface area contributed by atoms with Crippen LogP contribution in [0.5, 0.6) is 5.75 Å². The molecule has 9 nitrogen and oxygen atoms in total. The second kappa shape index (κ2) is 7.80. The Kier molecular flexibility index (Phi) is 5.03. The summed E-state index contributed by atoms with van der Waals surface area (Å²) in [5, 5.41) is 18.7. The van der Waals surface area contributed by atoms with Crippen LogP contribution in [-0.2, 0) is 0 Å². The Balaban J connectivity index is 1.63. The van der Waals surface area contributed by atoms with Gasteiger partial charge in [0.05, 0.1) is 29.0 Å². The van der Waals surface area contributed by atoms with Crippen LogP contribution in [0.25, 0.3) is 16.9 Å². The van der Waals surface area contributed by atoms with Crippen LogP contribution < -0.4 is 10.1 Å². The minimum absolute atomic E-state index is 0.167. The topological polar surface area (TPSA) is 112 Å². The van der Waals surface area contributed by atoms with Gasteiger partial charge in [0.25, 0.3) is 11.6 Å². The first-order valence-electron chi connectivity index (χ1n) is 8.70. The van der Waals surface area contributed by atoms with Crippen molar-refractivity contribution >= 4 is 34.5 Å². The van der Waals surface area contributed by atoms with E-state index in [4.69, 9.17) is 16.3 Å². The number of carbonyl (C=O) groups is 1. The van der Waals surface area contributed by atoms with E-state index < -0.39 is 10.8 Å². The lowest BCUT2D eigenvalue weighted by Gasteiger charge is -2.10. The Morgan fingerprint density at radius 2 is 1.97 bits per heavy atom. The molecule has 0 unspecified atom stereocenters. The number of nitro groups is 1. The number of aromatic nitrogens is 3. The Morgan fingerprint density at radius 1 is 1.20 bits per heavy atom. The van der Waals surface area contributed by atoms with E-state index in [0.29, 0.717) is 22.1 Å².